The summed E-state index contributed by atoms with van der Waals surface area (Å²) >= 11 is 0. The summed E-state index contributed by atoms with van der Waals surface area (Å²) in [5.74, 6) is 0.808. The van der Waals surface area contributed by atoms with Gasteiger partial charge in [0.25, 0.3) is 0 Å². The number of aromatic hydroxyl groups is 1. The smallest absolute Gasteiger partial charge is 0.137 e. The summed E-state index contributed by atoms with van der Waals surface area (Å²) in [7, 11) is 4.49. The Bertz CT molecular complexity index is 615. The van der Waals surface area contributed by atoms with Crippen LogP contribution in [0.5, 0.6) is 11.5 Å². The zero-order valence-corrected chi connectivity index (χ0v) is 10.9. The predicted octanol–water partition coefficient (Wildman–Crippen LogP) is 4.38. The summed E-state index contributed by atoms with van der Waals surface area (Å²) in [5.41, 5.74) is 2.51. The SMILES string of the molecule is Oc1ccc(OS2(Cl)C=Nc3ccccc32)cc1. The van der Waals surface area contributed by atoms with Crippen LogP contribution in [0, 0.1) is 0 Å². The first-order valence-electron chi connectivity index (χ1n) is 5.32. The minimum Gasteiger partial charge on any atom is -0.508 e. The standard InChI is InChI=1S/C13H10ClNO2S/c14-18(17-11-7-5-10(16)6-8-11)9-15-12-3-1-2-4-13(12)18/h1-9,16H. The number of halogens is 1. The van der Waals surface area contributed by atoms with Gasteiger partial charge in [-0.3, -0.25) is 0 Å². The average Bonchev–Trinajstić information content (AvgIpc) is 2.71. The molecule has 0 amide bonds. The lowest BCUT2D eigenvalue weighted by atomic mass is 10.3. The zero-order chi connectivity index (χ0) is 12.6. The van der Waals surface area contributed by atoms with Gasteiger partial charge < -0.3 is 9.29 Å². The summed E-state index contributed by atoms with van der Waals surface area (Å²) in [6.45, 7) is 0. The molecule has 0 fully saturated rings. The number of para-hydroxylation sites is 1. The van der Waals surface area contributed by atoms with Crippen molar-refractivity contribution in [1.29, 1.82) is 0 Å². The minimum absolute atomic E-state index is 0.196. The number of hydrogen-bond acceptors (Lipinski definition) is 3. The van der Waals surface area contributed by atoms with Crippen LogP contribution in [0.2, 0.25) is 0 Å². The molecule has 5 heteroatoms. The highest BCUT2D eigenvalue weighted by molar-refractivity contribution is 8.57. The molecule has 1 aliphatic rings. The Morgan fingerprint density at radius 1 is 1.06 bits per heavy atom. The zero-order valence-electron chi connectivity index (χ0n) is 9.29. The van der Waals surface area contributed by atoms with Crippen LogP contribution < -0.4 is 4.18 Å². The minimum atomic E-state index is -2.03. The second-order valence-corrected chi connectivity index (χ2v) is 7.05. The van der Waals surface area contributed by atoms with Crippen molar-refractivity contribution in [1.82, 2.24) is 0 Å². The van der Waals surface area contributed by atoms with Crippen molar-refractivity contribution in [3.63, 3.8) is 0 Å². The van der Waals surface area contributed by atoms with Gasteiger partial charge >= 0.3 is 0 Å². The number of aliphatic imine (C=N–C) groups is 1. The van der Waals surface area contributed by atoms with Crippen LogP contribution in [-0.2, 0) is 0 Å². The second kappa shape index (κ2) is 4.23. The fourth-order valence-corrected chi connectivity index (χ4v) is 3.97. The number of phenols is 1. The fourth-order valence-electron chi connectivity index (χ4n) is 1.69. The molecule has 0 spiro atoms. The van der Waals surface area contributed by atoms with E-state index in [2.05, 4.69) is 4.99 Å². The van der Waals surface area contributed by atoms with Gasteiger partial charge in [0.2, 0.25) is 0 Å². The van der Waals surface area contributed by atoms with Crippen LogP contribution in [0.1, 0.15) is 0 Å². The van der Waals surface area contributed by atoms with Crippen molar-refractivity contribution >= 4 is 31.4 Å². The molecule has 1 atom stereocenters. The molecule has 0 aliphatic carbocycles. The summed E-state index contributed by atoms with van der Waals surface area (Å²) in [4.78, 5) is 5.17. The van der Waals surface area contributed by atoms with Gasteiger partial charge in [0.15, 0.2) is 0 Å². The Morgan fingerprint density at radius 2 is 1.78 bits per heavy atom. The third-order valence-electron chi connectivity index (χ3n) is 2.55. The fraction of sp³-hybridized carbons (Fsp3) is 0. The predicted molar refractivity (Wildman–Crippen MR) is 75.0 cm³/mol. The first kappa shape index (κ1) is 11.4. The van der Waals surface area contributed by atoms with E-state index in [-0.39, 0.29) is 5.75 Å². The Morgan fingerprint density at radius 3 is 2.56 bits per heavy atom. The largest absolute Gasteiger partial charge is 0.508 e. The van der Waals surface area contributed by atoms with Crippen LogP contribution in [-0.4, -0.2) is 10.7 Å². The molecule has 1 aliphatic heterocycles. The lowest BCUT2D eigenvalue weighted by molar-refractivity contribution is 0.474. The molecule has 0 bridgehead atoms. The highest BCUT2D eigenvalue weighted by atomic mass is 35.7. The number of phenolic OH excluding ortho intramolecular Hbond substituents is 1. The number of nitrogens with zero attached hydrogens (tertiary/aromatic N) is 1. The number of rotatable bonds is 2. The van der Waals surface area contributed by atoms with Crippen molar-refractivity contribution in [2.24, 2.45) is 4.99 Å². The molecule has 0 saturated heterocycles. The molecule has 0 radical (unpaired) electrons. The van der Waals surface area contributed by atoms with Gasteiger partial charge in [0.1, 0.15) is 11.5 Å². The summed E-state index contributed by atoms with van der Waals surface area (Å²) < 4.78 is 5.83. The average molecular weight is 280 g/mol. The van der Waals surface area contributed by atoms with Gasteiger partial charge in [-0.05, 0) is 47.1 Å². The molecule has 2 aromatic carbocycles. The van der Waals surface area contributed by atoms with Crippen molar-refractivity contribution < 1.29 is 9.29 Å². The van der Waals surface area contributed by atoms with E-state index in [1.165, 1.54) is 0 Å². The van der Waals surface area contributed by atoms with E-state index in [9.17, 15) is 5.11 Å². The van der Waals surface area contributed by atoms with Crippen molar-refractivity contribution in [2.75, 3.05) is 0 Å². The summed E-state index contributed by atoms with van der Waals surface area (Å²) in [6, 6.07) is 14.1. The van der Waals surface area contributed by atoms with Gasteiger partial charge in [0, 0.05) is 0 Å². The molecule has 0 saturated carbocycles. The molecule has 92 valence electrons. The van der Waals surface area contributed by atoms with Crippen LogP contribution >= 0.6 is 20.2 Å². The Labute approximate surface area is 111 Å². The molecular formula is C13H10ClNO2S. The van der Waals surface area contributed by atoms with Crippen LogP contribution in [0.4, 0.5) is 5.69 Å². The molecule has 3 rings (SSSR count). The maximum Gasteiger partial charge on any atom is 0.137 e. The van der Waals surface area contributed by atoms with E-state index < -0.39 is 9.52 Å². The van der Waals surface area contributed by atoms with E-state index in [4.69, 9.17) is 14.9 Å². The van der Waals surface area contributed by atoms with Crippen LogP contribution in [0.15, 0.2) is 58.4 Å². The number of benzene rings is 2. The Balaban J connectivity index is 1.94. The molecule has 1 unspecified atom stereocenters. The maximum absolute atomic E-state index is 9.23. The van der Waals surface area contributed by atoms with E-state index in [1.807, 2.05) is 24.3 Å². The first-order chi connectivity index (χ1) is 8.67. The topological polar surface area (TPSA) is 41.8 Å². The third-order valence-corrected chi connectivity index (χ3v) is 5.23. The second-order valence-electron chi connectivity index (χ2n) is 3.81. The third kappa shape index (κ3) is 1.94. The molecule has 1 heterocycles. The first-order valence-corrected chi connectivity index (χ1v) is 7.77. The van der Waals surface area contributed by atoms with Gasteiger partial charge in [-0.2, -0.15) is 0 Å². The van der Waals surface area contributed by atoms with Gasteiger partial charge in [-0.15, -0.1) is 0 Å². The molecular weight excluding hydrogens is 270 g/mol. The molecule has 2 aromatic rings. The maximum atomic E-state index is 9.23. The van der Waals surface area contributed by atoms with Crippen LogP contribution in [0.25, 0.3) is 0 Å². The van der Waals surface area contributed by atoms with Crippen molar-refractivity contribution in [3.05, 3.63) is 48.5 Å². The van der Waals surface area contributed by atoms with Gasteiger partial charge in [0.05, 0.1) is 25.7 Å². The Hall–Kier alpha value is -1.65. The summed E-state index contributed by atoms with van der Waals surface area (Å²) in [6.07, 6.45) is 0. The van der Waals surface area contributed by atoms with Crippen LogP contribution in [0.3, 0.4) is 0 Å². The van der Waals surface area contributed by atoms with E-state index in [0.717, 1.165) is 10.6 Å². The highest BCUT2D eigenvalue weighted by Gasteiger charge is 2.31. The Kier molecular flexibility index (Phi) is 2.69. The van der Waals surface area contributed by atoms with E-state index >= 15 is 0 Å². The summed E-state index contributed by atoms with van der Waals surface area (Å²) in [5, 5.41) is 9.23. The van der Waals surface area contributed by atoms with E-state index in [0.29, 0.717) is 5.75 Å². The monoisotopic (exact) mass is 279 g/mol. The van der Waals surface area contributed by atoms with Gasteiger partial charge in [-0.25, -0.2) is 4.99 Å². The lowest BCUT2D eigenvalue weighted by Crippen LogP contribution is -1.99. The number of fused-ring (bicyclic) bond motifs is 1. The quantitative estimate of drug-likeness (QED) is 0.886. The lowest BCUT2D eigenvalue weighted by Gasteiger charge is -2.25. The molecule has 3 nitrogen and oxygen atoms in total. The molecule has 1 N–H and O–H groups in total. The van der Waals surface area contributed by atoms with Crippen molar-refractivity contribution in [2.45, 2.75) is 4.90 Å². The molecule has 0 aromatic heterocycles. The highest BCUT2D eigenvalue weighted by Crippen LogP contribution is 2.64. The normalized spacial score (nSPS) is 24.3. The molecule has 18 heavy (non-hydrogen) atoms. The van der Waals surface area contributed by atoms with E-state index in [1.54, 1.807) is 29.8 Å². The number of hydrogen-bond donors (Lipinski definition) is 1. The van der Waals surface area contributed by atoms with Gasteiger partial charge in [-0.1, -0.05) is 12.1 Å². The van der Waals surface area contributed by atoms with Crippen molar-refractivity contribution in [3.8, 4) is 11.5 Å².